The average molecular weight is 418 g/mol. The Bertz CT molecular complexity index is 1290. The monoisotopic (exact) mass is 418 g/mol. The zero-order valence-electron chi connectivity index (χ0n) is 16.9. The maximum absolute atomic E-state index is 12.6. The Morgan fingerprint density at radius 1 is 1.19 bits per heavy atom. The molecule has 0 aromatic carbocycles. The van der Waals surface area contributed by atoms with E-state index in [2.05, 4.69) is 35.9 Å². The van der Waals surface area contributed by atoms with E-state index in [-0.39, 0.29) is 17.5 Å². The van der Waals surface area contributed by atoms with Crippen molar-refractivity contribution in [2.75, 3.05) is 17.7 Å². The number of aryl methyl sites for hydroxylation is 1. The molecule has 1 unspecified atom stereocenters. The van der Waals surface area contributed by atoms with Crippen molar-refractivity contribution in [2.45, 2.75) is 20.0 Å². The van der Waals surface area contributed by atoms with Crippen molar-refractivity contribution in [1.82, 2.24) is 34.6 Å². The van der Waals surface area contributed by atoms with Gasteiger partial charge in [-0.2, -0.15) is 20.6 Å². The van der Waals surface area contributed by atoms with Gasteiger partial charge in [0, 0.05) is 13.2 Å². The lowest BCUT2D eigenvalue weighted by atomic mass is 10.2. The number of amides is 2. The van der Waals surface area contributed by atoms with E-state index in [0.717, 1.165) is 5.69 Å². The number of nitrogens with zero attached hydrogens (tertiary/aromatic N) is 8. The van der Waals surface area contributed by atoms with Gasteiger partial charge in [0.25, 0.3) is 0 Å². The van der Waals surface area contributed by atoms with Crippen LogP contribution in [-0.2, 0) is 4.74 Å². The summed E-state index contributed by atoms with van der Waals surface area (Å²) in [6.07, 6.45) is 5.57. The smallest absolute Gasteiger partial charge is 0.323 e. The fourth-order valence-electron chi connectivity index (χ4n) is 3.04. The van der Waals surface area contributed by atoms with Crippen molar-refractivity contribution in [3.63, 3.8) is 0 Å². The Labute approximate surface area is 176 Å². The van der Waals surface area contributed by atoms with Crippen LogP contribution in [0.15, 0.2) is 36.9 Å². The largest absolute Gasteiger partial charge is 0.375 e. The number of hydrogen-bond donors (Lipinski definition) is 2. The summed E-state index contributed by atoms with van der Waals surface area (Å²) >= 11 is 0. The Hall–Kier alpha value is -4.37. The molecule has 0 aliphatic carbocycles. The van der Waals surface area contributed by atoms with Crippen LogP contribution in [0.25, 0.3) is 11.5 Å². The van der Waals surface area contributed by atoms with Gasteiger partial charge in [0.15, 0.2) is 11.5 Å². The second-order valence-electron chi connectivity index (χ2n) is 6.60. The molecular formula is C19H18N10O2. The van der Waals surface area contributed by atoms with E-state index in [9.17, 15) is 10.1 Å². The number of hydrogen-bond acceptors (Lipinski definition) is 8. The molecule has 0 saturated heterocycles. The van der Waals surface area contributed by atoms with Gasteiger partial charge >= 0.3 is 6.03 Å². The molecule has 0 aliphatic rings. The molecule has 1 atom stereocenters. The first-order chi connectivity index (χ1) is 15.0. The fraction of sp³-hybridized carbons (Fsp3) is 0.211. The number of nitrogens with one attached hydrogen (secondary N) is 2. The van der Waals surface area contributed by atoms with E-state index in [1.807, 2.05) is 26.0 Å². The molecule has 2 amide bonds. The van der Waals surface area contributed by atoms with Crippen molar-refractivity contribution in [1.29, 1.82) is 5.26 Å². The Morgan fingerprint density at radius 2 is 1.97 bits per heavy atom. The van der Waals surface area contributed by atoms with Gasteiger partial charge in [-0.25, -0.2) is 19.3 Å². The topological polar surface area (TPSA) is 148 Å². The lowest BCUT2D eigenvalue weighted by Gasteiger charge is -2.17. The molecule has 4 heterocycles. The summed E-state index contributed by atoms with van der Waals surface area (Å²) < 4.78 is 7.09. The molecule has 2 N–H and O–H groups in total. The third-order valence-corrected chi connectivity index (χ3v) is 4.48. The standard InChI is InChI=1S/C19H18N10O2/c1-11-6-16-21-10-15(17(12(2)31-3)28(16)27-11)26-19(30)25-14-7-13(8-20)18(22-9-14)29-23-4-5-24-29/h4-7,9-10,12H,1-3H3,(H2,25,26,30). The molecule has 0 radical (unpaired) electrons. The number of pyridine rings is 1. The highest BCUT2D eigenvalue weighted by atomic mass is 16.5. The lowest BCUT2D eigenvalue weighted by Crippen LogP contribution is -2.22. The van der Waals surface area contributed by atoms with E-state index in [1.54, 1.807) is 17.8 Å². The molecule has 12 nitrogen and oxygen atoms in total. The van der Waals surface area contributed by atoms with E-state index >= 15 is 0 Å². The molecule has 0 bridgehead atoms. The van der Waals surface area contributed by atoms with Crippen LogP contribution in [0.5, 0.6) is 0 Å². The fourth-order valence-corrected chi connectivity index (χ4v) is 3.04. The minimum atomic E-state index is -0.537. The first kappa shape index (κ1) is 19.9. The van der Waals surface area contributed by atoms with Crippen molar-refractivity contribution in [3.8, 4) is 11.9 Å². The summed E-state index contributed by atoms with van der Waals surface area (Å²) in [6.45, 7) is 3.71. The van der Waals surface area contributed by atoms with Crippen molar-refractivity contribution >= 4 is 23.1 Å². The van der Waals surface area contributed by atoms with E-state index in [1.165, 1.54) is 29.5 Å². The maximum atomic E-state index is 12.6. The van der Waals surface area contributed by atoms with Crippen LogP contribution >= 0.6 is 0 Å². The molecule has 0 saturated carbocycles. The summed E-state index contributed by atoms with van der Waals surface area (Å²) in [4.78, 5) is 22.4. The molecule has 156 valence electrons. The van der Waals surface area contributed by atoms with E-state index in [0.29, 0.717) is 22.7 Å². The minimum absolute atomic E-state index is 0.206. The van der Waals surface area contributed by atoms with Gasteiger partial charge in [0.2, 0.25) is 0 Å². The Balaban J connectivity index is 1.59. The van der Waals surface area contributed by atoms with Crippen LogP contribution in [0.4, 0.5) is 16.2 Å². The van der Waals surface area contributed by atoms with Gasteiger partial charge in [0.1, 0.15) is 11.6 Å². The number of aromatic nitrogens is 7. The zero-order chi connectivity index (χ0) is 22.0. The highest BCUT2D eigenvalue weighted by Gasteiger charge is 2.19. The van der Waals surface area contributed by atoms with Crippen LogP contribution < -0.4 is 10.6 Å². The highest BCUT2D eigenvalue weighted by molar-refractivity contribution is 6.00. The summed E-state index contributed by atoms with van der Waals surface area (Å²) in [5, 5.41) is 27.2. The number of methoxy groups -OCH3 is 1. The molecule has 4 aromatic heterocycles. The van der Waals surface area contributed by atoms with Gasteiger partial charge in [-0.05, 0) is 19.9 Å². The van der Waals surface area contributed by atoms with Gasteiger partial charge in [-0.1, -0.05) is 0 Å². The molecule has 0 fully saturated rings. The number of rotatable bonds is 5. The first-order valence-electron chi connectivity index (χ1n) is 9.23. The molecule has 0 aliphatic heterocycles. The third-order valence-electron chi connectivity index (χ3n) is 4.48. The first-order valence-corrected chi connectivity index (χ1v) is 9.23. The molecule has 0 spiro atoms. The number of ether oxygens (including phenoxy) is 1. The second-order valence-corrected chi connectivity index (χ2v) is 6.60. The van der Waals surface area contributed by atoms with Gasteiger partial charge < -0.3 is 15.4 Å². The van der Waals surface area contributed by atoms with Crippen LogP contribution in [0.3, 0.4) is 0 Å². The molecular weight excluding hydrogens is 400 g/mol. The predicted molar refractivity (Wildman–Crippen MR) is 110 cm³/mol. The van der Waals surface area contributed by atoms with Gasteiger partial charge in [-0.15, -0.1) is 4.80 Å². The number of fused-ring (bicyclic) bond motifs is 1. The van der Waals surface area contributed by atoms with E-state index < -0.39 is 6.03 Å². The van der Waals surface area contributed by atoms with Crippen LogP contribution in [0.2, 0.25) is 0 Å². The predicted octanol–water partition coefficient (Wildman–Crippen LogP) is 2.24. The Morgan fingerprint density at radius 3 is 2.68 bits per heavy atom. The number of nitriles is 1. The summed E-state index contributed by atoms with van der Waals surface area (Å²) in [5.41, 5.74) is 3.06. The van der Waals surface area contributed by atoms with Crippen LogP contribution in [0, 0.1) is 18.3 Å². The van der Waals surface area contributed by atoms with Crippen molar-refractivity contribution in [3.05, 3.63) is 53.9 Å². The van der Waals surface area contributed by atoms with Gasteiger partial charge in [0.05, 0.1) is 53.7 Å². The third kappa shape index (κ3) is 3.89. The molecule has 12 heteroatoms. The zero-order valence-corrected chi connectivity index (χ0v) is 16.9. The molecule has 4 aromatic rings. The van der Waals surface area contributed by atoms with Crippen molar-refractivity contribution in [2.24, 2.45) is 0 Å². The summed E-state index contributed by atoms with van der Waals surface area (Å²) in [6, 6.07) is 4.81. The van der Waals surface area contributed by atoms with Crippen LogP contribution in [0.1, 0.15) is 30.0 Å². The molecule has 31 heavy (non-hydrogen) atoms. The summed E-state index contributed by atoms with van der Waals surface area (Å²) in [5.74, 6) is 0.262. The second kappa shape index (κ2) is 8.17. The van der Waals surface area contributed by atoms with Crippen molar-refractivity contribution < 1.29 is 9.53 Å². The van der Waals surface area contributed by atoms with E-state index in [4.69, 9.17) is 4.74 Å². The number of carbonyl (C=O) groups is 1. The number of urea groups is 1. The van der Waals surface area contributed by atoms with Gasteiger partial charge in [-0.3, -0.25) is 0 Å². The minimum Gasteiger partial charge on any atom is -0.375 e. The Kier molecular flexibility index (Phi) is 5.25. The highest BCUT2D eigenvalue weighted by Crippen LogP contribution is 2.26. The number of carbonyl (C=O) groups excluding carboxylic acids is 1. The average Bonchev–Trinajstić information content (AvgIpc) is 3.42. The quantitative estimate of drug-likeness (QED) is 0.501. The summed E-state index contributed by atoms with van der Waals surface area (Å²) in [7, 11) is 1.57. The number of anilines is 2. The molecule has 4 rings (SSSR count). The SMILES string of the molecule is COC(C)c1c(NC(=O)Nc2cnc(-n3nccn3)c(C#N)c2)cnc2cc(C)nn12. The van der Waals surface area contributed by atoms with Crippen LogP contribution in [-0.4, -0.2) is 47.7 Å². The normalized spacial score (nSPS) is 11.8. The lowest BCUT2D eigenvalue weighted by molar-refractivity contribution is 0.114. The maximum Gasteiger partial charge on any atom is 0.323 e.